The molecule has 2 rings (SSSR count). The number of carbonyl (C=O) groups excluding carboxylic acids is 1. The number of hydrogen-bond donors (Lipinski definition) is 1. The number of anilines is 1. The van der Waals surface area contributed by atoms with E-state index in [-0.39, 0.29) is 10.8 Å². The van der Waals surface area contributed by atoms with E-state index in [0.29, 0.717) is 18.8 Å². The van der Waals surface area contributed by atoms with E-state index >= 15 is 0 Å². The summed E-state index contributed by atoms with van der Waals surface area (Å²) in [6.07, 6.45) is 6.49. The van der Waals surface area contributed by atoms with Crippen molar-refractivity contribution >= 4 is 27.7 Å². The molecule has 1 aromatic carbocycles. The van der Waals surface area contributed by atoms with Gasteiger partial charge in [0.05, 0.1) is 11.1 Å². The van der Waals surface area contributed by atoms with Gasteiger partial charge in [-0.2, -0.15) is 9.40 Å². The monoisotopic (exact) mass is 390 g/mol. The Bertz CT molecular complexity index is 957. The smallest absolute Gasteiger partial charge is 0.248 e. The molecule has 27 heavy (non-hydrogen) atoms. The van der Waals surface area contributed by atoms with Crippen LogP contribution >= 0.6 is 0 Å². The van der Waals surface area contributed by atoms with Crippen molar-refractivity contribution in [3.05, 3.63) is 47.3 Å². The van der Waals surface area contributed by atoms with Crippen LogP contribution in [0.2, 0.25) is 0 Å². The van der Waals surface area contributed by atoms with E-state index < -0.39 is 10.0 Å². The third kappa shape index (κ3) is 4.84. The minimum Gasteiger partial charge on any atom is -0.322 e. The maximum absolute atomic E-state index is 12.8. The number of rotatable bonds is 7. The molecular weight excluding hydrogens is 364 g/mol. The highest BCUT2D eigenvalue weighted by Gasteiger charge is 2.23. The molecule has 8 heteroatoms. The lowest BCUT2D eigenvalue weighted by Gasteiger charge is -2.20. The number of nitrogens with one attached hydrogen (secondary N) is 1. The number of nitrogens with zero attached hydrogens (tertiary/aromatic N) is 3. The second-order valence-corrected chi connectivity index (χ2v) is 8.21. The molecule has 0 fully saturated rings. The highest BCUT2D eigenvalue weighted by molar-refractivity contribution is 7.89. The highest BCUT2D eigenvalue weighted by atomic mass is 32.2. The molecule has 0 radical (unpaired) electrons. The molecule has 0 aliphatic rings. The van der Waals surface area contributed by atoms with Crippen LogP contribution < -0.4 is 5.32 Å². The number of benzene rings is 1. The van der Waals surface area contributed by atoms with Gasteiger partial charge >= 0.3 is 0 Å². The molecule has 0 unspecified atom stereocenters. The average molecular weight is 391 g/mol. The number of hydrogen-bond acceptors (Lipinski definition) is 4. The van der Waals surface area contributed by atoms with Crippen LogP contribution in [0.4, 0.5) is 5.69 Å². The molecule has 0 spiro atoms. The Morgan fingerprint density at radius 1 is 1.26 bits per heavy atom. The van der Waals surface area contributed by atoms with Gasteiger partial charge in [-0.25, -0.2) is 8.42 Å². The van der Waals surface area contributed by atoms with Crippen molar-refractivity contribution in [1.29, 1.82) is 0 Å². The van der Waals surface area contributed by atoms with Crippen molar-refractivity contribution < 1.29 is 13.2 Å². The van der Waals surface area contributed by atoms with Gasteiger partial charge in [0.15, 0.2) is 0 Å². The van der Waals surface area contributed by atoms with Crippen LogP contribution in [-0.4, -0.2) is 41.5 Å². The fourth-order valence-electron chi connectivity index (χ4n) is 2.69. The Kier molecular flexibility index (Phi) is 6.56. The van der Waals surface area contributed by atoms with Crippen LogP contribution in [0.25, 0.3) is 6.08 Å². The lowest BCUT2D eigenvalue weighted by atomic mass is 10.1. The third-order valence-corrected chi connectivity index (χ3v) is 6.42. The molecule has 0 aliphatic carbocycles. The van der Waals surface area contributed by atoms with Crippen LogP contribution in [0.3, 0.4) is 0 Å². The first kappa shape index (κ1) is 20.9. The van der Waals surface area contributed by atoms with Gasteiger partial charge < -0.3 is 5.32 Å². The van der Waals surface area contributed by atoms with Gasteiger partial charge in [0.2, 0.25) is 15.9 Å². The summed E-state index contributed by atoms with van der Waals surface area (Å²) < 4.78 is 28.6. The van der Waals surface area contributed by atoms with Gasteiger partial charge in [-0.1, -0.05) is 13.8 Å². The maximum Gasteiger partial charge on any atom is 0.248 e. The molecule has 1 N–H and O–H groups in total. The van der Waals surface area contributed by atoms with E-state index in [2.05, 4.69) is 10.4 Å². The van der Waals surface area contributed by atoms with Crippen molar-refractivity contribution in [2.45, 2.75) is 32.6 Å². The van der Waals surface area contributed by atoms with E-state index in [1.165, 1.54) is 16.4 Å². The Hall–Kier alpha value is -2.45. The number of aryl methyl sites for hydroxylation is 2. The van der Waals surface area contributed by atoms with E-state index in [0.717, 1.165) is 16.7 Å². The summed E-state index contributed by atoms with van der Waals surface area (Å²) in [6, 6.07) is 3.16. The quantitative estimate of drug-likeness (QED) is 0.737. The molecule has 7 nitrogen and oxygen atoms in total. The Morgan fingerprint density at radius 3 is 2.48 bits per heavy atom. The summed E-state index contributed by atoms with van der Waals surface area (Å²) in [6.45, 7) is 8.06. The SMILES string of the molecule is CCN(CC)S(=O)(=O)c1cc(C)c(C)c(NC(=O)C=Cc2cnn(C)c2)c1. The molecule has 1 amide bonds. The van der Waals surface area contributed by atoms with Crippen LogP contribution in [0.15, 0.2) is 35.5 Å². The van der Waals surface area contributed by atoms with Crippen molar-refractivity contribution in [2.75, 3.05) is 18.4 Å². The van der Waals surface area contributed by atoms with Gasteiger partial charge in [-0.15, -0.1) is 0 Å². The summed E-state index contributed by atoms with van der Waals surface area (Å²) >= 11 is 0. The van der Waals surface area contributed by atoms with Crippen molar-refractivity contribution in [1.82, 2.24) is 14.1 Å². The molecule has 0 saturated carbocycles. The largest absolute Gasteiger partial charge is 0.322 e. The van der Waals surface area contributed by atoms with Crippen LogP contribution in [-0.2, 0) is 21.9 Å². The zero-order valence-corrected chi connectivity index (χ0v) is 17.2. The third-order valence-electron chi connectivity index (χ3n) is 4.39. The van der Waals surface area contributed by atoms with E-state index in [9.17, 15) is 13.2 Å². The zero-order chi connectivity index (χ0) is 20.2. The van der Waals surface area contributed by atoms with Crippen molar-refractivity contribution in [2.24, 2.45) is 7.05 Å². The fraction of sp³-hybridized carbons (Fsp3) is 0.368. The zero-order valence-electron chi connectivity index (χ0n) is 16.4. The standard InChI is InChI=1S/C19H26N4O3S/c1-6-23(7-2)27(25,26)17-10-14(3)15(4)18(11-17)21-19(24)9-8-16-12-20-22(5)13-16/h8-13H,6-7H2,1-5H3,(H,21,24). The van der Waals surface area contributed by atoms with Gasteiger partial charge in [0, 0.05) is 43.7 Å². The summed E-state index contributed by atoms with van der Waals surface area (Å²) in [5, 5.41) is 6.82. The van der Waals surface area contributed by atoms with Crippen molar-refractivity contribution in [3.8, 4) is 0 Å². The molecule has 0 aliphatic heterocycles. The number of sulfonamides is 1. The molecule has 1 heterocycles. The first-order valence-electron chi connectivity index (χ1n) is 8.78. The summed E-state index contributed by atoms with van der Waals surface area (Å²) in [4.78, 5) is 12.5. The normalized spacial score (nSPS) is 12.1. The van der Waals surface area contributed by atoms with Crippen LogP contribution in [0, 0.1) is 13.8 Å². The van der Waals surface area contributed by atoms with E-state index in [1.807, 2.05) is 13.8 Å². The van der Waals surface area contributed by atoms with Gasteiger partial charge in [-0.3, -0.25) is 9.48 Å². The number of amides is 1. The average Bonchev–Trinajstić information content (AvgIpc) is 3.03. The first-order valence-corrected chi connectivity index (χ1v) is 10.2. The first-order chi connectivity index (χ1) is 12.7. The van der Waals surface area contributed by atoms with Crippen LogP contribution in [0.5, 0.6) is 0 Å². The van der Waals surface area contributed by atoms with Gasteiger partial charge in [0.1, 0.15) is 0 Å². The molecule has 0 atom stereocenters. The highest BCUT2D eigenvalue weighted by Crippen LogP contribution is 2.26. The Morgan fingerprint density at radius 2 is 1.93 bits per heavy atom. The lowest BCUT2D eigenvalue weighted by Crippen LogP contribution is -2.30. The molecule has 0 saturated heterocycles. The second-order valence-electron chi connectivity index (χ2n) is 6.27. The minimum atomic E-state index is -3.60. The molecule has 2 aromatic rings. The van der Waals surface area contributed by atoms with E-state index in [1.54, 1.807) is 50.1 Å². The number of aromatic nitrogens is 2. The predicted octanol–water partition coefficient (Wildman–Crippen LogP) is 2.72. The minimum absolute atomic E-state index is 0.181. The Labute approximate surface area is 160 Å². The van der Waals surface area contributed by atoms with E-state index in [4.69, 9.17) is 0 Å². The molecule has 1 aromatic heterocycles. The summed E-state index contributed by atoms with van der Waals surface area (Å²) in [7, 11) is -1.80. The molecule has 146 valence electrons. The molecule has 0 bridgehead atoms. The lowest BCUT2D eigenvalue weighted by molar-refractivity contribution is -0.111. The Balaban J connectivity index is 2.30. The predicted molar refractivity (Wildman–Crippen MR) is 107 cm³/mol. The maximum atomic E-state index is 12.8. The number of carbonyl (C=O) groups is 1. The molecular formula is C19H26N4O3S. The summed E-state index contributed by atoms with van der Waals surface area (Å²) in [5.41, 5.74) is 2.92. The fourth-order valence-corrected chi connectivity index (χ4v) is 4.26. The second kappa shape index (κ2) is 8.49. The van der Waals surface area contributed by atoms with Gasteiger partial charge in [0.25, 0.3) is 0 Å². The summed E-state index contributed by atoms with van der Waals surface area (Å²) in [5.74, 6) is -0.334. The van der Waals surface area contributed by atoms with Crippen molar-refractivity contribution in [3.63, 3.8) is 0 Å². The topological polar surface area (TPSA) is 84.3 Å². The van der Waals surface area contributed by atoms with Gasteiger partial charge in [-0.05, 0) is 43.2 Å². The van der Waals surface area contributed by atoms with Crippen LogP contribution in [0.1, 0.15) is 30.5 Å².